The minimum Gasteiger partial charge on any atom is -0.506 e. The molecule has 2 aromatic carbocycles. The number of rotatable bonds is 4. The Hall–Kier alpha value is -2.82. The average Bonchev–Trinajstić information content (AvgIpc) is 2.47. The van der Waals surface area contributed by atoms with Crippen molar-refractivity contribution in [2.24, 2.45) is 5.73 Å². The molecular weight excluding hydrogens is 273 g/mol. The number of benzene rings is 2. The van der Waals surface area contributed by atoms with Gasteiger partial charge in [0.2, 0.25) is 0 Å². The van der Waals surface area contributed by atoms with Crippen LogP contribution in [-0.4, -0.2) is 18.1 Å². The van der Waals surface area contributed by atoms with E-state index in [0.29, 0.717) is 5.75 Å². The van der Waals surface area contributed by atoms with Gasteiger partial charge in [-0.25, -0.2) is 4.39 Å². The summed E-state index contributed by atoms with van der Waals surface area (Å²) in [5.74, 6) is -1.25. The number of carbonyl (C=O) groups excluding carboxylic acids is 1. The first kappa shape index (κ1) is 14.6. The summed E-state index contributed by atoms with van der Waals surface area (Å²) in [4.78, 5) is 11.2. The molecule has 0 fully saturated rings. The predicted octanol–water partition coefficient (Wildman–Crippen LogP) is 2.81. The zero-order valence-electron chi connectivity index (χ0n) is 11.3. The van der Waals surface area contributed by atoms with Gasteiger partial charge in [0.1, 0.15) is 17.3 Å². The smallest absolute Gasteiger partial charge is 0.252 e. The van der Waals surface area contributed by atoms with Crippen LogP contribution in [0.25, 0.3) is 12.2 Å². The molecule has 0 unspecified atom stereocenters. The first-order valence-corrected chi connectivity index (χ1v) is 6.16. The molecule has 2 aromatic rings. The van der Waals surface area contributed by atoms with Gasteiger partial charge in [-0.05, 0) is 18.2 Å². The van der Waals surface area contributed by atoms with Gasteiger partial charge in [-0.15, -0.1) is 0 Å². The number of carbonyl (C=O) groups is 1. The van der Waals surface area contributed by atoms with Crippen LogP contribution in [0.1, 0.15) is 21.5 Å². The van der Waals surface area contributed by atoms with Crippen molar-refractivity contribution >= 4 is 18.1 Å². The van der Waals surface area contributed by atoms with Crippen LogP contribution < -0.4 is 10.5 Å². The minimum absolute atomic E-state index is 0.162. The van der Waals surface area contributed by atoms with Crippen molar-refractivity contribution in [2.75, 3.05) is 7.11 Å². The molecule has 0 saturated heterocycles. The van der Waals surface area contributed by atoms with E-state index in [2.05, 4.69) is 0 Å². The van der Waals surface area contributed by atoms with Crippen LogP contribution in [0, 0.1) is 5.82 Å². The first-order chi connectivity index (χ1) is 10.0. The van der Waals surface area contributed by atoms with E-state index in [4.69, 9.17) is 10.5 Å². The Labute approximate surface area is 121 Å². The van der Waals surface area contributed by atoms with E-state index < -0.39 is 11.7 Å². The number of phenols is 1. The van der Waals surface area contributed by atoms with Crippen LogP contribution in [-0.2, 0) is 0 Å². The third-order valence-electron chi connectivity index (χ3n) is 2.95. The first-order valence-electron chi connectivity index (χ1n) is 6.16. The minimum atomic E-state index is -0.890. The quantitative estimate of drug-likeness (QED) is 0.849. The fourth-order valence-corrected chi connectivity index (χ4v) is 1.92. The second-order valence-corrected chi connectivity index (χ2v) is 4.33. The van der Waals surface area contributed by atoms with Gasteiger partial charge in [-0.1, -0.05) is 30.4 Å². The van der Waals surface area contributed by atoms with Crippen LogP contribution >= 0.6 is 0 Å². The van der Waals surface area contributed by atoms with Crippen LogP contribution in [0.2, 0.25) is 0 Å². The van der Waals surface area contributed by atoms with Gasteiger partial charge in [0, 0.05) is 11.1 Å². The number of aromatic hydroxyl groups is 1. The lowest BCUT2D eigenvalue weighted by Gasteiger charge is -2.06. The summed E-state index contributed by atoms with van der Waals surface area (Å²) in [6.45, 7) is 0. The van der Waals surface area contributed by atoms with Gasteiger partial charge in [0.25, 0.3) is 5.91 Å². The number of nitrogens with two attached hydrogens (primary N) is 1. The van der Waals surface area contributed by atoms with Crippen molar-refractivity contribution in [2.45, 2.75) is 0 Å². The highest BCUT2D eigenvalue weighted by atomic mass is 19.1. The maximum atomic E-state index is 13.5. The van der Waals surface area contributed by atoms with Gasteiger partial charge in [0.05, 0.1) is 12.7 Å². The van der Waals surface area contributed by atoms with E-state index in [9.17, 15) is 14.3 Å². The monoisotopic (exact) mass is 287 g/mol. The van der Waals surface area contributed by atoms with E-state index >= 15 is 0 Å². The van der Waals surface area contributed by atoms with E-state index in [1.165, 1.54) is 13.2 Å². The lowest BCUT2D eigenvalue weighted by atomic mass is 10.1. The number of halogens is 1. The van der Waals surface area contributed by atoms with E-state index in [-0.39, 0.29) is 16.9 Å². The lowest BCUT2D eigenvalue weighted by Crippen LogP contribution is -2.11. The Kier molecular flexibility index (Phi) is 4.23. The van der Waals surface area contributed by atoms with Crippen molar-refractivity contribution in [1.29, 1.82) is 0 Å². The van der Waals surface area contributed by atoms with Crippen LogP contribution in [0.5, 0.6) is 11.5 Å². The molecule has 0 atom stereocenters. The van der Waals surface area contributed by atoms with Gasteiger partial charge in [-0.3, -0.25) is 4.79 Å². The predicted molar refractivity (Wildman–Crippen MR) is 78.5 cm³/mol. The zero-order valence-corrected chi connectivity index (χ0v) is 11.3. The molecule has 2 rings (SSSR count). The molecule has 0 bridgehead atoms. The fraction of sp³-hybridized carbons (Fsp3) is 0.0625. The van der Waals surface area contributed by atoms with Crippen molar-refractivity contribution in [1.82, 2.24) is 0 Å². The molecule has 0 aliphatic carbocycles. The molecule has 0 heterocycles. The summed E-state index contributed by atoms with van der Waals surface area (Å²) < 4.78 is 18.6. The number of hydrogen-bond donors (Lipinski definition) is 2. The summed E-state index contributed by atoms with van der Waals surface area (Å²) in [6, 6.07) is 9.25. The molecular formula is C16H14FNO3. The molecule has 4 nitrogen and oxygen atoms in total. The number of amides is 1. The zero-order chi connectivity index (χ0) is 15.4. The van der Waals surface area contributed by atoms with E-state index in [0.717, 1.165) is 17.7 Å². The molecule has 21 heavy (non-hydrogen) atoms. The summed E-state index contributed by atoms with van der Waals surface area (Å²) in [6.07, 6.45) is 3.14. The van der Waals surface area contributed by atoms with Gasteiger partial charge < -0.3 is 15.6 Å². The molecule has 0 aromatic heterocycles. The third kappa shape index (κ3) is 3.20. The number of hydrogen-bond acceptors (Lipinski definition) is 3. The molecule has 1 amide bonds. The second kappa shape index (κ2) is 6.09. The molecule has 0 radical (unpaired) electrons. The molecule has 108 valence electrons. The summed E-state index contributed by atoms with van der Waals surface area (Å²) >= 11 is 0. The number of para-hydroxylation sites is 1. The average molecular weight is 287 g/mol. The number of methoxy groups -OCH3 is 1. The summed E-state index contributed by atoms with van der Waals surface area (Å²) in [5.41, 5.74) is 5.76. The Balaban J connectivity index is 2.44. The Bertz CT molecular complexity index is 711. The largest absolute Gasteiger partial charge is 0.506 e. The lowest BCUT2D eigenvalue weighted by molar-refractivity contribution is 0.0997. The second-order valence-electron chi connectivity index (χ2n) is 4.33. The van der Waals surface area contributed by atoms with Crippen molar-refractivity contribution in [3.05, 3.63) is 58.9 Å². The van der Waals surface area contributed by atoms with Crippen molar-refractivity contribution in [3.8, 4) is 11.5 Å². The highest BCUT2D eigenvalue weighted by Crippen LogP contribution is 2.27. The highest BCUT2D eigenvalue weighted by Gasteiger charge is 2.12. The molecule has 0 aliphatic heterocycles. The van der Waals surface area contributed by atoms with Crippen LogP contribution in [0.4, 0.5) is 4.39 Å². The van der Waals surface area contributed by atoms with Crippen LogP contribution in [0.3, 0.4) is 0 Å². The third-order valence-corrected chi connectivity index (χ3v) is 2.95. The van der Waals surface area contributed by atoms with Crippen molar-refractivity contribution in [3.63, 3.8) is 0 Å². The summed E-state index contributed by atoms with van der Waals surface area (Å²) in [7, 11) is 1.54. The summed E-state index contributed by atoms with van der Waals surface area (Å²) in [5, 5.41) is 9.94. The van der Waals surface area contributed by atoms with E-state index in [1.807, 2.05) is 12.1 Å². The maximum Gasteiger partial charge on any atom is 0.252 e. The molecule has 0 aliphatic rings. The standard InChI is InChI=1S/C16H14FNO3/c1-21-14-5-3-2-4-10(14)6-7-11-8-12(17)9-13(15(11)19)16(18)20/h2-9,19H,1H3,(H2,18,20)/b7-6+. The maximum absolute atomic E-state index is 13.5. The Morgan fingerprint density at radius 3 is 2.57 bits per heavy atom. The number of primary amides is 1. The van der Waals surface area contributed by atoms with Gasteiger partial charge >= 0.3 is 0 Å². The normalized spacial score (nSPS) is 10.8. The Morgan fingerprint density at radius 1 is 1.24 bits per heavy atom. The van der Waals surface area contributed by atoms with E-state index in [1.54, 1.807) is 18.2 Å². The SMILES string of the molecule is COc1ccccc1/C=C/c1cc(F)cc(C(N)=O)c1O. The fourth-order valence-electron chi connectivity index (χ4n) is 1.92. The van der Waals surface area contributed by atoms with Crippen molar-refractivity contribution < 1.29 is 19.0 Å². The molecule has 3 N–H and O–H groups in total. The highest BCUT2D eigenvalue weighted by molar-refractivity contribution is 5.97. The topological polar surface area (TPSA) is 72.5 Å². The molecule has 0 saturated carbocycles. The number of ether oxygens (including phenoxy) is 1. The van der Waals surface area contributed by atoms with Gasteiger partial charge in [-0.2, -0.15) is 0 Å². The Morgan fingerprint density at radius 2 is 1.90 bits per heavy atom. The molecule has 5 heteroatoms. The van der Waals surface area contributed by atoms with Crippen LogP contribution in [0.15, 0.2) is 36.4 Å². The van der Waals surface area contributed by atoms with Gasteiger partial charge in [0.15, 0.2) is 0 Å². The molecule has 0 spiro atoms.